The van der Waals surface area contributed by atoms with E-state index < -0.39 is 0 Å². The Balaban J connectivity index is 1.20. The first kappa shape index (κ1) is 35.2. The van der Waals surface area contributed by atoms with E-state index in [-0.39, 0.29) is 5.92 Å². The summed E-state index contributed by atoms with van der Waals surface area (Å²) in [5.74, 6) is 0.00300. The van der Waals surface area contributed by atoms with Gasteiger partial charge in [-0.3, -0.25) is 0 Å². The maximum absolute atomic E-state index is 2.47. The molecule has 1 unspecified atom stereocenters. The van der Waals surface area contributed by atoms with Gasteiger partial charge in [0.15, 0.2) is 0 Å². The summed E-state index contributed by atoms with van der Waals surface area (Å²) in [5.41, 5.74) is 10.6. The molecule has 0 amide bonds. The van der Waals surface area contributed by atoms with Crippen LogP contribution in [0.2, 0.25) is 0 Å². The van der Waals surface area contributed by atoms with Gasteiger partial charge in [0.1, 0.15) is 0 Å². The highest BCUT2D eigenvalue weighted by Gasteiger charge is 2.25. The molecule has 11 aromatic rings. The van der Waals surface area contributed by atoms with Crippen LogP contribution in [-0.4, -0.2) is 0 Å². The molecular weight excluding hydrogens is 753 g/mol. The topological polar surface area (TPSA) is 6.48 Å². The second-order valence-corrected chi connectivity index (χ2v) is 17.1. The Morgan fingerprint density at radius 1 is 0.288 bits per heavy atom. The molecule has 9 aromatic carbocycles. The van der Waals surface area contributed by atoms with Crippen LogP contribution in [0, 0.1) is 0 Å². The molecule has 0 saturated heterocycles. The van der Waals surface area contributed by atoms with Crippen LogP contribution in [-0.2, 0) is 0 Å². The van der Waals surface area contributed by atoms with E-state index in [1.165, 1.54) is 57.0 Å². The molecule has 280 valence electrons. The Morgan fingerprint density at radius 3 is 1.41 bits per heavy atom. The molecule has 1 atom stereocenters. The van der Waals surface area contributed by atoms with Crippen LogP contribution in [0.25, 0.3) is 40.3 Å². The molecule has 0 N–H and O–H groups in total. The number of anilines is 6. The zero-order valence-electron chi connectivity index (χ0n) is 32.2. The second kappa shape index (κ2) is 15.1. The minimum Gasteiger partial charge on any atom is -0.310 e. The number of thiophene rings is 2. The Bertz CT molecular complexity index is 3130. The van der Waals surface area contributed by atoms with Crippen LogP contribution in [0.4, 0.5) is 34.1 Å². The van der Waals surface area contributed by atoms with E-state index in [1.807, 2.05) is 22.7 Å². The molecule has 2 heterocycles. The van der Waals surface area contributed by atoms with Gasteiger partial charge in [-0.05, 0) is 114 Å². The minimum absolute atomic E-state index is 0.00300. The van der Waals surface area contributed by atoms with Crippen molar-refractivity contribution in [1.82, 2.24) is 0 Å². The largest absolute Gasteiger partial charge is 0.310 e. The van der Waals surface area contributed by atoms with Crippen molar-refractivity contribution in [3.63, 3.8) is 0 Å². The van der Waals surface area contributed by atoms with Gasteiger partial charge >= 0.3 is 0 Å². The van der Waals surface area contributed by atoms with E-state index in [9.17, 15) is 0 Å². The molecule has 0 aliphatic carbocycles. The standard InChI is InChI=1S/C55H38N2S2/c1-6-18-38(19-7-1)54(39-30-32-51-47(34-39)46-28-16-17-29-50(46)58-51)40-35-49(57(43-24-12-4-13-25-43)44-26-14-5-15-27-44)55-48-37-45(31-33-52(48)59-53(55)36-40)56(41-20-8-2-9-21-41)42-22-10-3-11-23-42/h1-37,54H. The summed E-state index contributed by atoms with van der Waals surface area (Å²) in [6.45, 7) is 0. The minimum atomic E-state index is 0.00300. The SMILES string of the molecule is c1ccc(C(c2cc(N(c3ccccc3)c3ccccc3)c3c(c2)sc2ccc(N(c4ccccc4)c4ccccc4)cc23)c2ccc3sc4ccccc4c3c2)cc1. The fourth-order valence-corrected chi connectivity index (χ4v) is 10.9. The average Bonchev–Trinajstić information content (AvgIpc) is 3.86. The van der Waals surface area contributed by atoms with E-state index in [0.717, 1.165) is 34.1 Å². The van der Waals surface area contributed by atoms with E-state index in [2.05, 4.69) is 234 Å². The van der Waals surface area contributed by atoms with Crippen LogP contribution in [0.3, 0.4) is 0 Å². The predicted octanol–water partition coefficient (Wildman–Crippen LogP) is 16.5. The molecule has 2 nitrogen and oxygen atoms in total. The molecule has 0 fully saturated rings. The van der Waals surface area contributed by atoms with Crippen molar-refractivity contribution in [3.8, 4) is 0 Å². The van der Waals surface area contributed by atoms with Crippen molar-refractivity contribution in [1.29, 1.82) is 0 Å². The molecule has 11 rings (SSSR count). The number of hydrogen-bond donors (Lipinski definition) is 0. The van der Waals surface area contributed by atoms with Crippen LogP contribution in [0.15, 0.2) is 224 Å². The van der Waals surface area contributed by atoms with Crippen LogP contribution >= 0.6 is 22.7 Å². The van der Waals surface area contributed by atoms with Gasteiger partial charge in [-0.1, -0.05) is 127 Å². The first-order valence-electron chi connectivity index (χ1n) is 20.0. The van der Waals surface area contributed by atoms with E-state index in [4.69, 9.17) is 0 Å². The number of para-hydroxylation sites is 4. The highest BCUT2D eigenvalue weighted by molar-refractivity contribution is 7.26. The van der Waals surface area contributed by atoms with Gasteiger partial charge in [0.05, 0.1) is 5.69 Å². The zero-order valence-corrected chi connectivity index (χ0v) is 33.8. The lowest BCUT2D eigenvalue weighted by atomic mass is 9.84. The number of rotatable bonds is 9. The molecule has 0 bridgehead atoms. The predicted molar refractivity (Wildman–Crippen MR) is 255 cm³/mol. The number of hydrogen-bond acceptors (Lipinski definition) is 4. The third-order valence-corrected chi connectivity index (χ3v) is 13.6. The Hall–Kier alpha value is -6.98. The molecular formula is C55H38N2S2. The maximum atomic E-state index is 2.47. The van der Waals surface area contributed by atoms with Gasteiger partial charge in [-0.15, -0.1) is 22.7 Å². The van der Waals surface area contributed by atoms with Gasteiger partial charge < -0.3 is 9.80 Å². The van der Waals surface area contributed by atoms with Crippen molar-refractivity contribution in [2.45, 2.75) is 5.92 Å². The van der Waals surface area contributed by atoms with Crippen molar-refractivity contribution in [2.24, 2.45) is 0 Å². The molecule has 2 aromatic heterocycles. The molecule has 0 spiro atoms. The highest BCUT2D eigenvalue weighted by atomic mass is 32.1. The highest BCUT2D eigenvalue weighted by Crippen LogP contribution is 2.49. The number of benzene rings is 9. The molecule has 0 aliphatic heterocycles. The van der Waals surface area contributed by atoms with E-state index in [0.29, 0.717) is 0 Å². The first-order valence-corrected chi connectivity index (χ1v) is 21.7. The molecule has 59 heavy (non-hydrogen) atoms. The van der Waals surface area contributed by atoms with Crippen molar-refractivity contribution in [3.05, 3.63) is 241 Å². The Kier molecular flexibility index (Phi) is 8.99. The van der Waals surface area contributed by atoms with E-state index >= 15 is 0 Å². The van der Waals surface area contributed by atoms with Gasteiger partial charge in [-0.25, -0.2) is 0 Å². The quantitative estimate of drug-likeness (QED) is 0.134. The molecule has 0 saturated carbocycles. The van der Waals surface area contributed by atoms with Gasteiger partial charge in [0, 0.05) is 74.7 Å². The van der Waals surface area contributed by atoms with Crippen LogP contribution < -0.4 is 9.80 Å². The fourth-order valence-electron chi connectivity index (χ4n) is 8.70. The van der Waals surface area contributed by atoms with Gasteiger partial charge in [0.2, 0.25) is 0 Å². The summed E-state index contributed by atoms with van der Waals surface area (Å²) in [6.07, 6.45) is 0. The smallest absolute Gasteiger partial charge is 0.0557 e. The lowest BCUT2D eigenvalue weighted by Crippen LogP contribution is -2.12. The fraction of sp³-hybridized carbons (Fsp3) is 0.0182. The molecule has 0 aliphatic rings. The summed E-state index contributed by atoms with van der Waals surface area (Å²) in [6, 6.07) is 81.9. The lowest BCUT2D eigenvalue weighted by Gasteiger charge is -2.29. The maximum Gasteiger partial charge on any atom is 0.0557 e. The molecule has 4 heteroatoms. The first-order chi connectivity index (χ1) is 29.3. The summed E-state index contributed by atoms with van der Waals surface area (Å²) in [4.78, 5) is 4.81. The Morgan fingerprint density at radius 2 is 0.780 bits per heavy atom. The summed E-state index contributed by atoms with van der Waals surface area (Å²) >= 11 is 3.75. The average molecular weight is 791 g/mol. The number of nitrogens with zero attached hydrogens (tertiary/aromatic N) is 2. The Labute approximate surface area is 352 Å². The van der Waals surface area contributed by atoms with Gasteiger partial charge in [-0.2, -0.15) is 0 Å². The van der Waals surface area contributed by atoms with Crippen molar-refractivity contribution in [2.75, 3.05) is 9.80 Å². The monoisotopic (exact) mass is 790 g/mol. The van der Waals surface area contributed by atoms with Crippen LogP contribution in [0.5, 0.6) is 0 Å². The summed E-state index contributed by atoms with van der Waals surface area (Å²) in [5, 5.41) is 5.11. The van der Waals surface area contributed by atoms with E-state index in [1.54, 1.807) is 0 Å². The van der Waals surface area contributed by atoms with Crippen LogP contribution in [0.1, 0.15) is 22.6 Å². The van der Waals surface area contributed by atoms with Crippen molar-refractivity contribution < 1.29 is 0 Å². The summed E-state index contributed by atoms with van der Waals surface area (Å²) in [7, 11) is 0. The lowest BCUT2D eigenvalue weighted by molar-refractivity contribution is 0.983. The normalized spacial score (nSPS) is 12.0. The summed E-state index contributed by atoms with van der Waals surface area (Å²) < 4.78 is 5.16. The number of fused-ring (bicyclic) bond motifs is 6. The van der Waals surface area contributed by atoms with Crippen molar-refractivity contribution >= 4 is 97.1 Å². The molecule has 0 radical (unpaired) electrons. The second-order valence-electron chi connectivity index (χ2n) is 14.9. The third kappa shape index (κ3) is 6.44. The third-order valence-electron chi connectivity index (χ3n) is 11.3. The van der Waals surface area contributed by atoms with Gasteiger partial charge in [0.25, 0.3) is 0 Å². The zero-order chi connectivity index (χ0) is 39.1.